The summed E-state index contributed by atoms with van der Waals surface area (Å²) < 4.78 is 32.6. The minimum Gasteiger partial charge on any atom is -0.457 e. The molecule has 0 unspecified atom stereocenters. The highest BCUT2D eigenvalue weighted by Crippen LogP contribution is 2.34. The van der Waals surface area contributed by atoms with Crippen molar-refractivity contribution in [2.24, 2.45) is 0 Å². The lowest BCUT2D eigenvalue weighted by Gasteiger charge is -2.12. The Hall–Kier alpha value is -3.19. The van der Waals surface area contributed by atoms with Crippen molar-refractivity contribution in [3.63, 3.8) is 0 Å². The summed E-state index contributed by atoms with van der Waals surface area (Å²) >= 11 is 0.824. The van der Waals surface area contributed by atoms with Gasteiger partial charge >= 0.3 is 0 Å². The fourth-order valence-corrected chi connectivity index (χ4v) is 3.72. The van der Waals surface area contributed by atoms with Crippen LogP contribution in [0.15, 0.2) is 63.9 Å². The molecule has 1 aliphatic heterocycles. The van der Waals surface area contributed by atoms with Crippen molar-refractivity contribution >= 4 is 29.0 Å². The van der Waals surface area contributed by atoms with Crippen LogP contribution >= 0.6 is 11.8 Å². The molecule has 4 rings (SSSR count). The molecule has 1 fully saturated rings. The quantitative estimate of drug-likeness (QED) is 0.512. The molecule has 7 heteroatoms. The molecule has 2 amide bonds. The second kappa shape index (κ2) is 7.67. The average molecular weight is 411 g/mol. The SMILES string of the molecule is Cc1ccc(CN2C(=O)S/C(=C\c3ccc(-c4ccc(F)cc4F)o3)C2=O)cc1. The van der Waals surface area contributed by atoms with E-state index in [1.165, 1.54) is 23.1 Å². The highest BCUT2D eigenvalue weighted by molar-refractivity contribution is 8.18. The fraction of sp³-hybridized carbons (Fsp3) is 0.0909. The maximum atomic E-state index is 13.9. The van der Waals surface area contributed by atoms with Gasteiger partial charge in [-0.2, -0.15) is 0 Å². The van der Waals surface area contributed by atoms with Gasteiger partial charge < -0.3 is 4.42 Å². The lowest BCUT2D eigenvalue weighted by molar-refractivity contribution is -0.123. The molecule has 0 aliphatic carbocycles. The number of halogens is 2. The lowest BCUT2D eigenvalue weighted by atomic mass is 10.1. The summed E-state index contributed by atoms with van der Waals surface area (Å²) in [6, 6.07) is 13.9. The number of hydrogen-bond acceptors (Lipinski definition) is 4. The molecule has 0 spiro atoms. The molecule has 1 saturated heterocycles. The van der Waals surface area contributed by atoms with Gasteiger partial charge in [-0.3, -0.25) is 14.5 Å². The van der Waals surface area contributed by atoms with Crippen molar-refractivity contribution in [1.29, 1.82) is 0 Å². The van der Waals surface area contributed by atoms with Gasteiger partial charge in [0.25, 0.3) is 11.1 Å². The fourth-order valence-electron chi connectivity index (χ4n) is 2.91. The van der Waals surface area contributed by atoms with E-state index >= 15 is 0 Å². The summed E-state index contributed by atoms with van der Waals surface area (Å²) in [7, 11) is 0. The van der Waals surface area contributed by atoms with Gasteiger partial charge in [0.15, 0.2) is 0 Å². The third-order valence-corrected chi connectivity index (χ3v) is 5.34. The van der Waals surface area contributed by atoms with E-state index in [1.54, 1.807) is 6.07 Å². The van der Waals surface area contributed by atoms with E-state index < -0.39 is 17.5 Å². The van der Waals surface area contributed by atoms with Gasteiger partial charge in [-0.1, -0.05) is 29.8 Å². The molecule has 1 aliphatic rings. The number of hydrogen-bond donors (Lipinski definition) is 0. The normalized spacial score (nSPS) is 15.6. The van der Waals surface area contributed by atoms with Gasteiger partial charge in [0, 0.05) is 12.1 Å². The van der Waals surface area contributed by atoms with Gasteiger partial charge in [-0.15, -0.1) is 0 Å². The molecule has 0 atom stereocenters. The van der Waals surface area contributed by atoms with E-state index in [0.717, 1.165) is 35.0 Å². The van der Waals surface area contributed by atoms with E-state index in [-0.39, 0.29) is 28.0 Å². The maximum absolute atomic E-state index is 13.9. The molecule has 1 aromatic heterocycles. The summed E-state index contributed by atoms with van der Waals surface area (Å²) in [6.07, 6.45) is 1.45. The Balaban J connectivity index is 1.54. The highest BCUT2D eigenvalue weighted by Gasteiger charge is 2.35. The highest BCUT2D eigenvalue weighted by atomic mass is 32.2. The molecule has 4 nitrogen and oxygen atoms in total. The topological polar surface area (TPSA) is 50.5 Å². The number of rotatable bonds is 4. The van der Waals surface area contributed by atoms with E-state index in [9.17, 15) is 18.4 Å². The van der Waals surface area contributed by atoms with Crippen molar-refractivity contribution in [3.8, 4) is 11.3 Å². The van der Waals surface area contributed by atoms with Crippen molar-refractivity contribution in [3.05, 3.63) is 88.0 Å². The van der Waals surface area contributed by atoms with E-state index in [1.807, 2.05) is 31.2 Å². The first kappa shape index (κ1) is 19.1. The van der Waals surface area contributed by atoms with E-state index in [2.05, 4.69) is 0 Å². The number of amides is 2. The van der Waals surface area contributed by atoms with E-state index in [0.29, 0.717) is 5.76 Å². The number of imide groups is 1. The Labute approximate surface area is 169 Å². The van der Waals surface area contributed by atoms with Crippen LogP contribution in [0.2, 0.25) is 0 Å². The molecule has 0 bridgehead atoms. The summed E-state index contributed by atoms with van der Waals surface area (Å²) in [6.45, 7) is 2.15. The number of aryl methyl sites for hydroxylation is 1. The number of carbonyl (C=O) groups excluding carboxylic acids is 2. The third-order valence-electron chi connectivity index (χ3n) is 4.43. The Morgan fingerprint density at radius 3 is 2.52 bits per heavy atom. The second-order valence-electron chi connectivity index (χ2n) is 6.58. The van der Waals surface area contributed by atoms with Crippen LogP contribution in [0.4, 0.5) is 13.6 Å². The van der Waals surface area contributed by atoms with E-state index in [4.69, 9.17) is 4.42 Å². The minimum absolute atomic E-state index is 0.110. The molecule has 29 heavy (non-hydrogen) atoms. The predicted molar refractivity (Wildman–Crippen MR) is 107 cm³/mol. The minimum atomic E-state index is -0.746. The van der Waals surface area contributed by atoms with Gasteiger partial charge in [0.2, 0.25) is 0 Å². The molecular weight excluding hydrogens is 396 g/mol. The maximum Gasteiger partial charge on any atom is 0.293 e. The van der Waals surface area contributed by atoms with Crippen molar-refractivity contribution < 1.29 is 22.8 Å². The standard InChI is InChI=1S/C22H15F2NO3S/c1-13-2-4-14(5-3-13)12-25-21(26)20(29-22(25)27)11-16-7-9-19(28-16)17-8-6-15(23)10-18(17)24/h2-11H,12H2,1H3/b20-11-. The zero-order chi connectivity index (χ0) is 20.5. The predicted octanol–water partition coefficient (Wildman–Crippen LogP) is 5.77. The Kier molecular flexibility index (Phi) is 5.07. The van der Waals surface area contributed by atoms with Crippen LogP contribution < -0.4 is 0 Å². The lowest BCUT2D eigenvalue weighted by Crippen LogP contribution is -2.27. The van der Waals surface area contributed by atoms with Crippen LogP contribution in [0.3, 0.4) is 0 Å². The second-order valence-corrected chi connectivity index (χ2v) is 7.57. The smallest absolute Gasteiger partial charge is 0.293 e. The molecule has 0 N–H and O–H groups in total. The zero-order valence-corrected chi connectivity index (χ0v) is 16.1. The van der Waals surface area contributed by atoms with Crippen LogP contribution in [0.5, 0.6) is 0 Å². The summed E-state index contributed by atoms with van der Waals surface area (Å²) in [5.41, 5.74) is 2.05. The first-order chi connectivity index (χ1) is 13.9. The molecular formula is C22H15F2NO3S. The number of nitrogens with zero attached hydrogens (tertiary/aromatic N) is 1. The molecule has 0 radical (unpaired) electrons. The van der Waals surface area contributed by atoms with Crippen LogP contribution in [-0.2, 0) is 11.3 Å². The first-order valence-electron chi connectivity index (χ1n) is 8.77. The molecule has 3 aromatic rings. The Morgan fingerprint density at radius 2 is 1.79 bits per heavy atom. The Morgan fingerprint density at radius 1 is 1.03 bits per heavy atom. The molecule has 0 saturated carbocycles. The number of carbonyl (C=O) groups is 2. The largest absolute Gasteiger partial charge is 0.457 e. The molecule has 2 aromatic carbocycles. The van der Waals surface area contributed by atoms with Gasteiger partial charge in [0.05, 0.1) is 17.0 Å². The van der Waals surface area contributed by atoms with Gasteiger partial charge in [-0.05, 0) is 48.5 Å². The number of benzene rings is 2. The van der Waals surface area contributed by atoms with Crippen molar-refractivity contribution in [2.45, 2.75) is 13.5 Å². The summed E-state index contributed by atoms with van der Waals surface area (Å²) in [4.78, 5) is 26.3. The van der Waals surface area contributed by atoms with Gasteiger partial charge in [0.1, 0.15) is 23.2 Å². The number of thioether (sulfide) groups is 1. The summed E-state index contributed by atoms with van der Waals surface area (Å²) in [5, 5.41) is -0.363. The third kappa shape index (κ3) is 4.00. The zero-order valence-electron chi connectivity index (χ0n) is 15.3. The van der Waals surface area contributed by atoms with Crippen LogP contribution in [0, 0.1) is 18.6 Å². The van der Waals surface area contributed by atoms with Crippen molar-refractivity contribution in [1.82, 2.24) is 4.90 Å². The Bertz CT molecular complexity index is 1140. The van der Waals surface area contributed by atoms with Crippen LogP contribution in [-0.4, -0.2) is 16.0 Å². The van der Waals surface area contributed by atoms with Gasteiger partial charge in [-0.25, -0.2) is 8.78 Å². The average Bonchev–Trinajstić information content (AvgIpc) is 3.24. The van der Waals surface area contributed by atoms with Crippen LogP contribution in [0.1, 0.15) is 16.9 Å². The number of furan rings is 1. The first-order valence-corrected chi connectivity index (χ1v) is 9.58. The molecule has 2 heterocycles. The van der Waals surface area contributed by atoms with Crippen molar-refractivity contribution in [2.75, 3.05) is 0 Å². The summed E-state index contributed by atoms with van der Waals surface area (Å²) in [5.74, 6) is -1.34. The molecule has 146 valence electrons. The monoisotopic (exact) mass is 411 g/mol. The van der Waals surface area contributed by atoms with Crippen LogP contribution in [0.25, 0.3) is 17.4 Å².